The third-order valence-corrected chi connectivity index (χ3v) is 3.60. The standard InChI is InChI=1S/C15H16BrNO3/c1-15(2,3)11-12(14(19)20-4)17-10-6-5-8(16)7-9(10)13(11)18/h5-7H,1-4H3,(H,17,18). The first-order valence-corrected chi connectivity index (χ1v) is 6.99. The Balaban J connectivity index is 2.95. The zero-order chi connectivity index (χ0) is 15.1. The van der Waals surface area contributed by atoms with Gasteiger partial charge in [-0.3, -0.25) is 4.79 Å². The molecule has 1 heterocycles. The number of fused-ring (bicyclic) bond motifs is 1. The van der Waals surface area contributed by atoms with Crippen LogP contribution in [-0.2, 0) is 10.2 Å². The molecule has 2 rings (SSSR count). The minimum Gasteiger partial charge on any atom is -0.464 e. The number of carbonyl (C=O) groups is 1. The third kappa shape index (κ3) is 2.50. The third-order valence-electron chi connectivity index (χ3n) is 3.10. The molecular formula is C15H16BrNO3. The van der Waals surface area contributed by atoms with Crippen LogP contribution in [0.3, 0.4) is 0 Å². The van der Waals surface area contributed by atoms with Crippen molar-refractivity contribution in [3.63, 3.8) is 0 Å². The molecule has 0 saturated heterocycles. The highest BCUT2D eigenvalue weighted by atomic mass is 79.9. The van der Waals surface area contributed by atoms with E-state index in [0.717, 1.165) is 4.47 Å². The smallest absolute Gasteiger partial charge is 0.354 e. The van der Waals surface area contributed by atoms with E-state index < -0.39 is 11.4 Å². The van der Waals surface area contributed by atoms with Crippen molar-refractivity contribution in [1.29, 1.82) is 0 Å². The van der Waals surface area contributed by atoms with Crippen molar-refractivity contribution in [2.45, 2.75) is 26.2 Å². The first kappa shape index (κ1) is 14.8. The number of aromatic nitrogens is 1. The van der Waals surface area contributed by atoms with E-state index in [0.29, 0.717) is 16.5 Å². The number of pyridine rings is 1. The Kier molecular flexibility index (Phi) is 3.73. The number of hydrogen-bond donors (Lipinski definition) is 1. The van der Waals surface area contributed by atoms with Gasteiger partial charge in [0.05, 0.1) is 7.11 Å². The molecule has 1 N–H and O–H groups in total. The van der Waals surface area contributed by atoms with E-state index in [1.807, 2.05) is 26.8 Å². The van der Waals surface area contributed by atoms with Crippen molar-refractivity contribution in [2.75, 3.05) is 7.11 Å². The van der Waals surface area contributed by atoms with Gasteiger partial charge in [-0.1, -0.05) is 36.7 Å². The zero-order valence-corrected chi connectivity index (χ0v) is 13.4. The molecule has 0 aliphatic heterocycles. The van der Waals surface area contributed by atoms with Crippen LogP contribution >= 0.6 is 15.9 Å². The van der Waals surface area contributed by atoms with E-state index in [1.54, 1.807) is 12.1 Å². The number of esters is 1. The summed E-state index contributed by atoms with van der Waals surface area (Å²) in [6.45, 7) is 5.69. The van der Waals surface area contributed by atoms with Crippen LogP contribution in [-0.4, -0.2) is 18.1 Å². The van der Waals surface area contributed by atoms with Gasteiger partial charge in [-0.15, -0.1) is 0 Å². The SMILES string of the molecule is COC(=O)c1[nH]c2ccc(Br)cc2c(=O)c1C(C)(C)C. The summed E-state index contributed by atoms with van der Waals surface area (Å²) >= 11 is 3.36. The molecule has 0 fully saturated rings. The van der Waals surface area contributed by atoms with Gasteiger partial charge >= 0.3 is 5.97 Å². The van der Waals surface area contributed by atoms with E-state index >= 15 is 0 Å². The van der Waals surface area contributed by atoms with Gasteiger partial charge in [-0.25, -0.2) is 4.79 Å². The molecule has 106 valence electrons. The number of methoxy groups -OCH3 is 1. The molecule has 0 atom stereocenters. The number of carbonyl (C=O) groups excluding carboxylic acids is 1. The van der Waals surface area contributed by atoms with E-state index in [9.17, 15) is 9.59 Å². The van der Waals surface area contributed by atoms with Crippen LogP contribution in [0.5, 0.6) is 0 Å². The Morgan fingerprint density at radius 2 is 1.95 bits per heavy atom. The lowest BCUT2D eigenvalue weighted by Crippen LogP contribution is -2.28. The number of halogens is 1. The average Bonchev–Trinajstić information content (AvgIpc) is 2.36. The van der Waals surface area contributed by atoms with E-state index in [-0.39, 0.29) is 11.1 Å². The normalized spacial score (nSPS) is 11.7. The van der Waals surface area contributed by atoms with Crippen molar-refractivity contribution < 1.29 is 9.53 Å². The number of rotatable bonds is 1. The molecule has 1 aromatic carbocycles. The molecule has 4 nitrogen and oxygen atoms in total. The Hall–Kier alpha value is -1.62. The molecule has 5 heteroatoms. The Labute approximate surface area is 125 Å². The average molecular weight is 338 g/mol. The summed E-state index contributed by atoms with van der Waals surface area (Å²) in [7, 11) is 1.30. The number of aromatic amines is 1. The summed E-state index contributed by atoms with van der Waals surface area (Å²) < 4.78 is 5.60. The number of nitrogens with one attached hydrogen (secondary N) is 1. The van der Waals surface area contributed by atoms with Crippen molar-refractivity contribution in [1.82, 2.24) is 4.98 Å². The summed E-state index contributed by atoms with van der Waals surface area (Å²) in [5, 5.41) is 0.553. The molecule has 0 spiro atoms. The highest BCUT2D eigenvalue weighted by Crippen LogP contribution is 2.25. The summed E-state index contributed by atoms with van der Waals surface area (Å²) in [5.41, 5.74) is 0.669. The largest absolute Gasteiger partial charge is 0.464 e. The predicted octanol–water partition coefficient (Wildman–Crippen LogP) is 3.37. The van der Waals surface area contributed by atoms with E-state index in [2.05, 4.69) is 20.9 Å². The van der Waals surface area contributed by atoms with Crippen LogP contribution in [0.1, 0.15) is 36.8 Å². The number of H-pyrrole nitrogens is 1. The molecule has 2 aromatic rings. The fraction of sp³-hybridized carbons (Fsp3) is 0.333. The first-order valence-electron chi connectivity index (χ1n) is 6.20. The Bertz CT molecular complexity index is 741. The van der Waals surface area contributed by atoms with Gasteiger partial charge in [0.25, 0.3) is 0 Å². The summed E-state index contributed by atoms with van der Waals surface area (Å²) in [4.78, 5) is 27.7. The van der Waals surface area contributed by atoms with E-state index in [1.165, 1.54) is 7.11 Å². The van der Waals surface area contributed by atoms with Gasteiger partial charge in [0, 0.05) is 20.9 Å². The van der Waals surface area contributed by atoms with Gasteiger partial charge in [-0.05, 0) is 23.6 Å². The fourth-order valence-corrected chi connectivity index (χ4v) is 2.59. The number of hydrogen-bond acceptors (Lipinski definition) is 3. The van der Waals surface area contributed by atoms with Gasteiger partial charge in [0.2, 0.25) is 0 Å². The van der Waals surface area contributed by atoms with Crippen LogP contribution in [0, 0.1) is 0 Å². The number of benzene rings is 1. The van der Waals surface area contributed by atoms with Crippen LogP contribution in [0.15, 0.2) is 27.5 Å². The zero-order valence-electron chi connectivity index (χ0n) is 11.8. The van der Waals surface area contributed by atoms with Gasteiger partial charge < -0.3 is 9.72 Å². The molecule has 0 saturated carbocycles. The predicted molar refractivity (Wildman–Crippen MR) is 82.3 cm³/mol. The summed E-state index contributed by atoms with van der Waals surface area (Å²) in [6.07, 6.45) is 0. The molecule has 0 radical (unpaired) electrons. The van der Waals surface area contributed by atoms with Crippen molar-refractivity contribution in [2.24, 2.45) is 0 Å². The van der Waals surface area contributed by atoms with Crippen LogP contribution in [0.4, 0.5) is 0 Å². The monoisotopic (exact) mass is 337 g/mol. The number of ether oxygens (including phenoxy) is 1. The Morgan fingerprint density at radius 3 is 2.50 bits per heavy atom. The van der Waals surface area contributed by atoms with E-state index in [4.69, 9.17) is 4.74 Å². The molecule has 0 aliphatic carbocycles. The fourth-order valence-electron chi connectivity index (χ4n) is 2.23. The highest BCUT2D eigenvalue weighted by molar-refractivity contribution is 9.10. The molecular weight excluding hydrogens is 322 g/mol. The summed E-state index contributed by atoms with van der Waals surface area (Å²) in [5.74, 6) is -0.531. The lowest BCUT2D eigenvalue weighted by atomic mass is 9.84. The molecule has 0 unspecified atom stereocenters. The molecule has 0 aliphatic rings. The first-order chi connectivity index (χ1) is 9.25. The minimum absolute atomic E-state index is 0.145. The van der Waals surface area contributed by atoms with Gasteiger partial charge in [0.15, 0.2) is 5.43 Å². The second kappa shape index (κ2) is 5.05. The second-order valence-corrected chi connectivity index (χ2v) is 6.55. The molecule has 20 heavy (non-hydrogen) atoms. The maximum Gasteiger partial charge on any atom is 0.354 e. The van der Waals surface area contributed by atoms with Crippen LogP contribution in [0.25, 0.3) is 10.9 Å². The lowest BCUT2D eigenvalue weighted by molar-refractivity contribution is 0.0591. The minimum atomic E-state index is -0.531. The highest BCUT2D eigenvalue weighted by Gasteiger charge is 2.27. The maximum absolute atomic E-state index is 12.7. The van der Waals surface area contributed by atoms with Crippen molar-refractivity contribution >= 4 is 32.8 Å². The quantitative estimate of drug-likeness (QED) is 0.811. The summed E-state index contributed by atoms with van der Waals surface area (Å²) in [6, 6.07) is 5.33. The van der Waals surface area contributed by atoms with Crippen molar-refractivity contribution in [3.05, 3.63) is 44.2 Å². The molecule has 1 aromatic heterocycles. The topological polar surface area (TPSA) is 59.2 Å². The van der Waals surface area contributed by atoms with Gasteiger partial charge in [-0.2, -0.15) is 0 Å². The maximum atomic E-state index is 12.7. The second-order valence-electron chi connectivity index (χ2n) is 5.64. The molecule has 0 amide bonds. The van der Waals surface area contributed by atoms with Crippen LogP contribution in [0.2, 0.25) is 0 Å². The van der Waals surface area contributed by atoms with Crippen LogP contribution < -0.4 is 5.43 Å². The van der Waals surface area contributed by atoms with Gasteiger partial charge in [0.1, 0.15) is 5.69 Å². The molecule has 0 bridgehead atoms. The Morgan fingerprint density at radius 1 is 1.30 bits per heavy atom. The van der Waals surface area contributed by atoms with Crippen molar-refractivity contribution in [3.8, 4) is 0 Å². The lowest BCUT2D eigenvalue weighted by Gasteiger charge is -2.21.